The van der Waals surface area contributed by atoms with Gasteiger partial charge in [-0.2, -0.15) is 0 Å². The molecule has 0 saturated carbocycles. The van der Waals surface area contributed by atoms with Gasteiger partial charge in [-0.25, -0.2) is 13.2 Å². The second kappa shape index (κ2) is 3.64. The van der Waals surface area contributed by atoms with Crippen LogP contribution in [0.15, 0.2) is 18.2 Å². The van der Waals surface area contributed by atoms with Crippen LogP contribution in [0.1, 0.15) is 37.8 Å². The summed E-state index contributed by atoms with van der Waals surface area (Å²) >= 11 is 0. The molecule has 1 aromatic rings. The molecule has 0 amide bonds. The summed E-state index contributed by atoms with van der Waals surface area (Å²) in [4.78, 5) is 0. The fraction of sp³-hybridized carbons (Fsp3) is 0.455. The molecule has 0 spiro atoms. The third-order valence-corrected chi connectivity index (χ3v) is 2.11. The standard InChI is InChI=1S/C11H13F3/c1-7(2)9-6-8(12)4-5-10(9)11(3,13)14/h4-7H,1-3H3. The summed E-state index contributed by atoms with van der Waals surface area (Å²) in [5.41, 5.74) is 0.284. The lowest BCUT2D eigenvalue weighted by atomic mass is 9.94. The zero-order valence-electron chi connectivity index (χ0n) is 8.44. The van der Waals surface area contributed by atoms with Gasteiger partial charge in [-0.15, -0.1) is 0 Å². The molecule has 1 rings (SSSR count). The smallest absolute Gasteiger partial charge is 0.207 e. The van der Waals surface area contributed by atoms with Gasteiger partial charge in [0.15, 0.2) is 0 Å². The third-order valence-electron chi connectivity index (χ3n) is 2.11. The van der Waals surface area contributed by atoms with Crippen LogP contribution < -0.4 is 0 Å². The highest BCUT2D eigenvalue weighted by atomic mass is 19.3. The zero-order chi connectivity index (χ0) is 10.9. The second-order valence-electron chi connectivity index (χ2n) is 3.77. The van der Waals surface area contributed by atoms with Crippen molar-refractivity contribution >= 4 is 0 Å². The first kappa shape index (κ1) is 11.1. The molecule has 0 fully saturated rings. The maximum absolute atomic E-state index is 13.1. The first-order valence-electron chi connectivity index (χ1n) is 4.50. The maximum Gasteiger partial charge on any atom is 0.270 e. The largest absolute Gasteiger partial charge is 0.270 e. The third kappa shape index (κ3) is 2.28. The SMILES string of the molecule is CC(C)c1cc(F)ccc1C(C)(F)F. The summed E-state index contributed by atoms with van der Waals surface area (Å²) in [5, 5.41) is 0. The van der Waals surface area contributed by atoms with Gasteiger partial charge in [-0.3, -0.25) is 0 Å². The van der Waals surface area contributed by atoms with Crippen molar-refractivity contribution in [3.8, 4) is 0 Å². The van der Waals surface area contributed by atoms with Crippen molar-refractivity contribution in [1.82, 2.24) is 0 Å². The van der Waals surface area contributed by atoms with E-state index in [-0.39, 0.29) is 11.5 Å². The summed E-state index contributed by atoms with van der Waals surface area (Å²) in [5.74, 6) is -3.49. The van der Waals surface area contributed by atoms with E-state index in [2.05, 4.69) is 0 Å². The van der Waals surface area contributed by atoms with Crippen LogP contribution in [0.5, 0.6) is 0 Å². The first-order valence-corrected chi connectivity index (χ1v) is 4.50. The Morgan fingerprint density at radius 1 is 1.21 bits per heavy atom. The number of hydrogen-bond acceptors (Lipinski definition) is 0. The summed E-state index contributed by atoms with van der Waals surface area (Å²) in [6.07, 6.45) is 0. The second-order valence-corrected chi connectivity index (χ2v) is 3.77. The van der Waals surface area contributed by atoms with Crippen molar-refractivity contribution in [2.24, 2.45) is 0 Å². The Hall–Kier alpha value is -0.990. The molecule has 0 aliphatic heterocycles. The Labute approximate surface area is 81.8 Å². The van der Waals surface area contributed by atoms with Crippen LogP contribution in [-0.4, -0.2) is 0 Å². The van der Waals surface area contributed by atoms with E-state index in [1.54, 1.807) is 13.8 Å². The predicted molar refractivity (Wildman–Crippen MR) is 50.1 cm³/mol. The van der Waals surface area contributed by atoms with Crippen LogP contribution in [0.2, 0.25) is 0 Å². The van der Waals surface area contributed by atoms with Gasteiger partial charge in [-0.05, 0) is 29.7 Å². The molecule has 0 nitrogen and oxygen atoms in total. The predicted octanol–water partition coefficient (Wildman–Crippen LogP) is 4.06. The van der Waals surface area contributed by atoms with Gasteiger partial charge in [0.25, 0.3) is 5.92 Å². The van der Waals surface area contributed by atoms with Crippen molar-refractivity contribution in [3.63, 3.8) is 0 Å². The van der Waals surface area contributed by atoms with E-state index in [0.717, 1.165) is 19.1 Å². The Balaban J connectivity index is 3.29. The van der Waals surface area contributed by atoms with Gasteiger partial charge in [0.05, 0.1) is 0 Å². The minimum absolute atomic E-state index is 0.0890. The quantitative estimate of drug-likeness (QED) is 0.678. The fourth-order valence-corrected chi connectivity index (χ4v) is 1.41. The summed E-state index contributed by atoms with van der Waals surface area (Å²) in [6.45, 7) is 4.36. The van der Waals surface area contributed by atoms with E-state index in [1.165, 1.54) is 6.07 Å². The summed E-state index contributed by atoms with van der Waals surface area (Å²) in [7, 11) is 0. The highest BCUT2D eigenvalue weighted by molar-refractivity contribution is 5.33. The molecule has 0 aromatic heterocycles. The molecule has 0 radical (unpaired) electrons. The molecule has 0 aliphatic carbocycles. The Bertz CT molecular complexity index is 324. The maximum atomic E-state index is 13.1. The number of benzene rings is 1. The minimum Gasteiger partial charge on any atom is -0.207 e. The molecule has 0 N–H and O–H groups in total. The van der Waals surface area contributed by atoms with Crippen molar-refractivity contribution in [2.45, 2.75) is 32.6 Å². The summed E-state index contributed by atoms with van der Waals surface area (Å²) < 4.78 is 39.0. The lowest BCUT2D eigenvalue weighted by Gasteiger charge is -2.18. The van der Waals surface area contributed by atoms with Crippen LogP contribution in [0, 0.1) is 5.82 Å². The molecule has 0 bridgehead atoms. The molecule has 78 valence electrons. The molecule has 0 atom stereocenters. The van der Waals surface area contributed by atoms with E-state index in [0.29, 0.717) is 5.56 Å². The molecule has 3 heteroatoms. The number of rotatable bonds is 2. The van der Waals surface area contributed by atoms with Gasteiger partial charge < -0.3 is 0 Å². The van der Waals surface area contributed by atoms with Crippen molar-refractivity contribution in [3.05, 3.63) is 35.1 Å². The van der Waals surface area contributed by atoms with E-state index in [4.69, 9.17) is 0 Å². The van der Waals surface area contributed by atoms with Crippen LogP contribution in [0.25, 0.3) is 0 Å². The Morgan fingerprint density at radius 3 is 2.21 bits per heavy atom. The lowest BCUT2D eigenvalue weighted by Crippen LogP contribution is -2.11. The molecule has 0 unspecified atom stereocenters. The van der Waals surface area contributed by atoms with Crippen LogP contribution in [0.4, 0.5) is 13.2 Å². The van der Waals surface area contributed by atoms with Crippen molar-refractivity contribution < 1.29 is 13.2 Å². The zero-order valence-corrected chi connectivity index (χ0v) is 8.44. The van der Waals surface area contributed by atoms with Crippen LogP contribution in [-0.2, 0) is 5.92 Å². The van der Waals surface area contributed by atoms with E-state index in [9.17, 15) is 13.2 Å². The fourth-order valence-electron chi connectivity index (χ4n) is 1.41. The highest BCUT2D eigenvalue weighted by Gasteiger charge is 2.28. The molecule has 0 aliphatic rings. The minimum atomic E-state index is -2.91. The molecular formula is C11H13F3. The normalized spacial score (nSPS) is 12.2. The van der Waals surface area contributed by atoms with Gasteiger partial charge in [-0.1, -0.05) is 13.8 Å². The average Bonchev–Trinajstić information content (AvgIpc) is 2.01. The van der Waals surface area contributed by atoms with Crippen molar-refractivity contribution in [1.29, 1.82) is 0 Å². The number of alkyl halides is 2. The molecule has 0 saturated heterocycles. The number of hydrogen-bond donors (Lipinski definition) is 0. The van der Waals surface area contributed by atoms with Gasteiger partial charge in [0.1, 0.15) is 5.82 Å². The van der Waals surface area contributed by atoms with Crippen LogP contribution in [0.3, 0.4) is 0 Å². The first-order chi connectivity index (χ1) is 6.32. The lowest BCUT2D eigenvalue weighted by molar-refractivity contribution is 0.0162. The topological polar surface area (TPSA) is 0 Å². The van der Waals surface area contributed by atoms with Gasteiger partial charge >= 0.3 is 0 Å². The van der Waals surface area contributed by atoms with Gasteiger partial charge in [0, 0.05) is 12.5 Å². The van der Waals surface area contributed by atoms with Gasteiger partial charge in [0.2, 0.25) is 0 Å². The van der Waals surface area contributed by atoms with Crippen LogP contribution >= 0.6 is 0 Å². The Morgan fingerprint density at radius 2 is 1.79 bits per heavy atom. The molecular weight excluding hydrogens is 189 g/mol. The Kier molecular flexibility index (Phi) is 2.88. The molecule has 14 heavy (non-hydrogen) atoms. The van der Waals surface area contributed by atoms with E-state index in [1.807, 2.05) is 0 Å². The molecule has 0 heterocycles. The number of halogens is 3. The highest BCUT2D eigenvalue weighted by Crippen LogP contribution is 2.33. The monoisotopic (exact) mass is 202 g/mol. The summed E-state index contributed by atoms with van der Waals surface area (Å²) in [6, 6.07) is 3.40. The van der Waals surface area contributed by atoms with Crippen molar-refractivity contribution in [2.75, 3.05) is 0 Å². The molecule has 1 aromatic carbocycles. The van der Waals surface area contributed by atoms with E-state index < -0.39 is 11.7 Å². The average molecular weight is 202 g/mol. The van der Waals surface area contributed by atoms with E-state index >= 15 is 0 Å².